The van der Waals surface area contributed by atoms with Gasteiger partial charge in [0.1, 0.15) is 0 Å². The minimum Gasteiger partial charge on any atom is -0.0654 e. The van der Waals surface area contributed by atoms with Crippen LogP contribution in [0.4, 0.5) is 0 Å². The molecule has 1 saturated carbocycles. The highest BCUT2D eigenvalue weighted by atomic mass is 14.3. The first kappa shape index (κ1) is 9.09. The van der Waals surface area contributed by atoms with E-state index < -0.39 is 0 Å². The van der Waals surface area contributed by atoms with Crippen LogP contribution in [-0.2, 0) is 0 Å². The van der Waals surface area contributed by atoms with E-state index in [9.17, 15) is 0 Å². The second kappa shape index (κ2) is 4.79. The average molecular weight is 153 g/mol. The average Bonchev–Trinajstić information content (AvgIpc) is 2.81. The molecule has 11 heavy (non-hydrogen) atoms. The fourth-order valence-electron chi connectivity index (χ4n) is 1.82. The van der Waals surface area contributed by atoms with E-state index in [1.54, 1.807) is 0 Å². The van der Waals surface area contributed by atoms with E-state index in [4.69, 9.17) is 0 Å². The first-order valence-electron chi connectivity index (χ1n) is 5.23. The molecule has 1 fully saturated rings. The molecule has 1 rings (SSSR count). The van der Waals surface area contributed by atoms with Crippen molar-refractivity contribution in [2.75, 3.05) is 0 Å². The Morgan fingerprint density at radius 1 is 1.18 bits per heavy atom. The highest BCUT2D eigenvalue weighted by Crippen LogP contribution is 2.43. The highest BCUT2D eigenvalue weighted by Gasteiger charge is 2.29. The monoisotopic (exact) mass is 153 g/mol. The third-order valence-corrected chi connectivity index (χ3v) is 2.76. The second-order valence-electron chi connectivity index (χ2n) is 3.76. The number of hydrogen-bond acceptors (Lipinski definition) is 0. The van der Waals surface area contributed by atoms with Crippen molar-refractivity contribution in [2.24, 2.45) is 5.92 Å². The molecule has 1 atom stereocenters. The van der Waals surface area contributed by atoms with Gasteiger partial charge >= 0.3 is 0 Å². The van der Waals surface area contributed by atoms with Crippen LogP contribution in [0, 0.1) is 11.8 Å². The maximum atomic E-state index is 2.34. The van der Waals surface area contributed by atoms with Crippen molar-refractivity contribution < 1.29 is 0 Å². The van der Waals surface area contributed by atoms with Crippen molar-refractivity contribution in [2.45, 2.75) is 58.8 Å². The molecule has 0 aromatic heterocycles. The minimum atomic E-state index is 1.00. The van der Waals surface area contributed by atoms with Crippen LogP contribution in [0.1, 0.15) is 58.8 Å². The largest absolute Gasteiger partial charge is 0.0654 e. The van der Waals surface area contributed by atoms with Gasteiger partial charge in [0.15, 0.2) is 0 Å². The van der Waals surface area contributed by atoms with Crippen LogP contribution in [0.5, 0.6) is 0 Å². The van der Waals surface area contributed by atoms with Gasteiger partial charge in [-0.3, -0.25) is 0 Å². The summed E-state index contributed by atoms with van der Waals surface area (Å²) in [5.41, 5.74) is 0. The molecule has 0 spiro atoms. The van der Waals surface area contributed by atoms with Crippen LogP contribution >= 0.6 is 0 Å². The van der Waals surface area contributed by atoms with Crippen LogP contribution in [-0.4, -0.2) is 0 Å². The van der Waals surface area contributed by atoms with Crippen molar-refractivity contribution in [3.8, 4) is 0 Å². The fraction of sp³-hybridized carbons (Fsp3) is 0.909. The van der Waals surface area contributed by atoms with Gasteiger partial charge in [0.2, 0.25) is 0 Å². The Kier molecular flexibility index (Phi) is 3.96. The zero-order chi connectivity index (χ0) is 8.10. The smallest absolute Gasteiger partial charge is 0.0210 e. The molecule has 65 valence electrons. The molecule has 1 unspecified atom stereocenters. The van der Waals surface area contributed by atoms with E-state index in [-0.39, 0.29) is 0 Å². The molecule has 0 aliphatic heterocycles. The lowest BCUT2D eigenvalue weighted by molar-refractivity contribution is 0.488. The number of hydrogen-bond donors (Lipinski definition) is 0. The van der Waals surface area contributed by atoms with Crippen LogP contribution in [0.15, 0.2) is 0 Å². The van der Waals surface area contributed by atoms with Gasteiger partial charge in [-0.05, 0) is 31.1 Å². The highest BCUT2D eigenvalue weighted by molar-refractivity contribution is 5.09. The predicted octanol–water partition coefficient (Wildman–Crippen LogP) is 3.96. The van der Waals surface area contributed by atoms with E-state index in [2.05, 4.69) is 13.8 Å². The molecule has 0 heteroatoms. The van der Waals surface area contributed by atoms with Gasteiger partial charge in [0.25, 0.3) is 0 Å². The molecule has 0 aromatic rings. The Labute approximate surface area is 71.4 Å². The van der Waals surface area contributed by atoms with Crippen molar-refractivity contribution >= 4 is 0 Å². The Hall–Kier alpha value is 0. The molecule has 0 heterocycles. The second-order valence-corrected chi connectivity index (χ2v) is 3.76. The van der Waals surface area contributed by atoms with Crippen molar-refractivity contribution in [1.29, 1.82) is 0 Å². The van der Waals surface area contributed by atoms with Crippen LogP contribution in [0.3, 0.4) is 0 Å². The summed E-state index contributed by atoms with van der Waals surface area (Å²) in [6.45, 7) is 4.62. The van der Waals surface area contributed by atoms with Gasteiger partial charge in [-0.1, -0.05) is 39.5 Å². The van der Waals surface area contributed by atoms with Gasteiger partial charge in [-0.2, -0.15) is 0 Å². The van der Waals surface area contributed by atoms with E-state index in [0.717, 1.165) is 5.92 Å². The number of rotatable bonds is 6. The third kappa shape index (κ3) is 3.27. The number of unbranched alkanes of at least 4 members (excludes halogenated alkanes) is 2. The van der Waals surface area contributed by atoms with Gasteiger partial charge in [0.05, 0.1) is 0 Å². The first-order chi connectivity index (χ1) is 5.38. The maximum Gasteiger partial charge on any atom is -0.0210 e. The van der Waals surface area contributed by atoms with Crippen molar-refractivity contribution in [1.82, 2.24) is 0 Å². The first-order valence-corrected chi connectivity index (χ1v) is 5.23. The topological polar surface area (TPSA) is 0 Å². The molecule has 1 radical (unpaired) electrons. The van der Waals surface area contributed by atoms with E-state index in [1.165, 1.54) is 44.9 Å². The SMILES string of the molecule is CCCCCC(CC)[C]1CC1. The van der Waals surface area contributed by atoms with Crippen LogP contribution in [0.2, 0.25) is 0 Å². The van der Waals surface area contributed by atoms with Crippen molar-refractivity contribution in [3.05, 3.63) is 5.92 Å². The normalized spacial score (nSPS) is 20.2. The van der Waals surface area contributed by atoms with E-state index >= 15 is 0 Å². The molecule has 0 N–H and O–H groups in total. The molecule has 0 amide bonds. The lowest BCUT2D eigenvalue weighted by atomic mass is 9.94. The summed E-state index contributed by atoms with van der Waals surface area (Å²) in [5, 5.41) is 0. The zero-order valence-corrected chi connectivity index (χ0v) is 8.03. The van der Waals surface area contributed by atoms with Crippen LogP contribution in [0.25, 0.3) is 0 Å². The lowest BCUT2D eigenvalue weighted by Crippen LogP contribution is -1.99. The summed E-state index contributed by atoms with van der Waals surface area (Å²) in [6.07, 6.45) is 10.0. The maximum absolute atomic E-state index is 2.34. The van der Waals surface area contributed by atoms with Gasteiger partial charge in [-0.15, -0.1) is 0 Å². The summed E-state index contributed by atoms with van der Waals surface area (Å²) < 4.78 is 0. The molecule has 0 nitrogen and oxygen atoms in total. The lowest BCUT2D eigenvalue weighted by Gasteiger charge is -2.11. The standard InChI is InChI=1S/C11H21/c1-3-5-6-7-10(4-2)11-8-9-11/h10H,3-9H2,1-2H3. The Balaban J connectivity index is 2.01. The van der Waals surface area contributed by atoms with Gasteiger partial charge in [-0.25, -0.2) is 0 Å². The fourth-order valence-corrected chi connectivity index (χ4v) is 1.82. The summed E-state index contributed by atoms with van der Waals surface area (Å²) >= 11 is 0. The molecule has 0 bridgehead atoms. The minimum absolute atomic E-state index is 1.00. The van der Waals surface area contributed by atoms with Gasteiger partial charge < -0.3 is 0 Å². The van der Waals surface area contributed by atoms with Gasteiger partial charge in [0, 0.05) is 0 Å². The molecule has 0 aromatic carbocycles. The van der Waals surface area contributed by atoms with Crippen LogP contribution < -0.4 is 0 Å². The van der Waals surface area contributed by atoms with E-state index in [1.807, 2.05) is 5.92 Å². The molecule has 1 aliphatic carbocycles. The van der Waals surface area contributed by atoms with E-state index in [0.29, 0.717) is 0 Å². The summed E-state index contributed by atoms with van der Waals surface area (Å²) in [4.78, 5) is 0. The summed E-state index contributed by atoms with van der Waals surface area (Å²) in [6, 6.07) is 0. The van der Waals surface area contributed by atoms with Crippen molar-refractivity contribution in [3.63, 3.8) is 0 Å². The Morgan fingerprint density at radius 3 is 2.36 bits per heavy atom. The summed E-state index contributed by atoms with van der Waals surface area (Å²) in [7, 11) is 0. The Morgan fingerprint density at radius 2 is 1.91 bits per heavy atom. The molecule has 0 saturated heterocycles. The quantitative estimate of drug-likeness (QED) is 0.507. The predicted molar refractivity (Wildman–Crippen MR) is 50.4 cm³/mol. The Bertz CT molecular complexity index is 92.2. The zero-order valence-electron chi connectivity index (χ0n) is 8.03. The summed E-state index contributed by atoms with van der Waals surface area (Å²) in [5.74, 6) is 2.87. The third-order valence-electron chi connectivity index (χ3n) is 2.76. The molecular weight excluding hydrogens is 132 g/mol. The molecular formula is C11H21. The molecule has 1 aliphatic rings.